The van der Waals surface area contributed by atoms with Crippen LogP contribution in [0.15, 0.2) is 11.8 Å². The van der Waals surface area contributed by atoms with E-state index in [-0.39, 0.29) is 26.0 Å². The van der Waals surface area contributed by atoms with Gasteiger partial charge < -0.3 is 78.3 Å². The van der Waals surface area contributed by atoms with Gasteiger partial charge in [0.05, 0.1) is 31.3 Å². The third kappa shape index (κ3) is 8.78. The van der Waals surface area contributed by atoms with Crippen molar-refractivity contribution in [1.29, 1.82) is 0 Å². The zero-order chi connectivity index (χ0) is 31.0. The minimum absolute atomic E-state index is 0.0294. The molecule has 42 heavy (non-hydrogen) atoms. The molecule has 0 aromatic heterocycles. The molecule has 16 nitrogen and oxygen atoms in total. The first-order valence-corrected chi connectivity index (χ1v) is 14.6. The molecule has 244 valence electrons. The van der Waals surface area contributed by atoms with E-state index in [0.717, 1.165) is 6.42 Å². The van der Waals surface area contributed by atoms with Gasteiger partial charge in [0.25, 0.3) is 0 Å². The molecular formula is C26H51N7O9. The van der Waals surface area contributed by atoms with E-state index in [4.69, 9.17) is 41.9 Å². The number of nitrogens with two attached hydrogens (primary N) is 4. The quantitative estimate of drug-likeness (QED) is 0.0827. The first kappa shape index (κ1) is 35.0. The lowest BCUT2D eigenvalue weighted by Crippen LogP contribution is -2.69. The van der Waals surface area contributed by atoms with Crippen molar-refractivity contribution in [3.8, 4) is 0 Å². The summed E-state index contributed by atoms with van der Waals surface area (Å²) >= 11 is 0. The van der Waals surface area contributed by atoms with Crippen LogP contribution in [0.2, 0.25) is 0 Å². The molecule has 1 aliphatic carbocycles. The highest BCUT2D eigenvalue weighted by Gasteiger charge is 2.51. The first-order valence-electron chi connectivity index (χ1n) is 14.6. The van der Waals surface area contributed by atoms with E-state index in [2.05, 4.69) is 16.0 Å². The average molecular weight is 606 g/mol. The predicted octanol–water partition coefficient (Wildman–Crippen LogP) is -5.00. The predicted molar refractivity (Wildman–Crippen MR) is 151 cm³/mol. The molecule has 1 saturated carbocycles. The standard InChI is InChI=1S/C26H51N7O9/c1-26(38)12-39-25(19(36)22(26)31-2)42-21-16(33-23(37)17(34)6-8-28)10-15(30)20(18(21)35)41-24-14(29)5-4-13(40-24)11-32-9-3-7-27/h4,14-22,24-25,31-32,34-36,38H,3,5-12,27-30H2,1-2H3,(H,33,37)/t14-,15+,16-,17+,18+,19-,20-,21+,22-,24-,25-,26+/m1/s1. The van der Waals surface area contributed by atoms with Crippen molar-refractivity contribution < 1.29 is 44.2 Å². The molecule has 15 N–H and O–H groups in total. The number of ether oxygens (including phenoxy) is 4. The van der Waals surface area contributed by atoms with Gasteiger partial charge in [-0.25, -0.2) is 0 Å². The van der Waals surface area contributed by atoms with Crippen LogP contribution in [-0.2, 0) is 23.7 Å². The van der Waals surface area contributed by atoms with Gasteiger partial charge in [-0.1, -0.05) is 0 Å². The number of likely N-dealkylation sites (N-methyl/N-ethyl adjacent to an activating group) is 1. The van der Waals surface area contributed by atoms with Crippen LogP contribution in [0.25, 0.3) is 0 Å². The number of rotatable bonds is 14. The zero-order valence-corrected chi connectivity index (χ0v) is 24.4. The Balaban J connectivity index is 1.77. The fraction of sp³-hybridized carbons (Fsp3) is 0.885. The topological polar surface area (TPSA) is 275 Å². The number of carbonyl (C=O) groups is 1. The Kier molecular flexibility index (Phi) is 13.3. The minimum atomic E-state index is -1.44. The lowest BCUT2D eigenvalue weighted by molar-refractivity contribution is -0.304. The van der Waals surface area contributed by atoms with Gasteiger partial charge in [0.2, 0.25) is 12.2 Å². The Morgan fingerprint density at radius 1 is 1.14 bits per heavy atom. The summed E-state index contributed by atoms with van der Waals surface area (Å²) in [4.78, 5) is 12.7. The van der Waals surface area contributed by atoms with Crippen LogP contribution >= 0.6 is 0 Å². The molecule has 0 radical (unpaired) electrons. The summed E-state index contributed by atoms with van der Waals surface area (Å²) in [6.45, 7) is 3.16. The Morgan fingerprint density at radius 2 is 1.86 bits per heavy atom. The van der Waals surface area contributed by atoms with Crippen molar-refractivity contribution in [3.05, 3.63) is 11.8 Å². The molecule has 1 amide bonds. The van der Waals surface area contributed by atoms with Gasteiger partial charge in [-0.15, -0.1) is 0 Å². The molecule has 3 aliphatic rings. The van der Waals surface area contributed by atoms with Crippen LogP contribution in [-0.4, -0.2) is 139 Å². The number of amides is 1. The Bertz CT molecular complexity index is 885. The van der Waals surface area contributed by atoms with E-state index in [9.17, 15) is 25.2 Å². The van der Waals surface area contributed by atoms with Crippen molar-refractivity contribution in [3.63, 3.8) is 0 Å². The summed E-state index contributed by atoms with van der Waals surface area (Å²) in [5.74, 6) is -0.0816. The van der Waals surface area contributed by atoms with Crippen molar-refractivity contribution in [2.45, 2.75) is 105 Å². The van der Waals surface area contributed by atoms with Gasteiger partial charge in [-0.2, -0.15) is 0 Å². The van der Waals surface area contributed by atoms with E-state index < -0.39 is 78.8 Å². The lowest BCUT2D eigenvalue weighted by atomic mass is 9.83. The molecule has 0 spiro atoms. The second-order valence-corrected chi connectivity index (χ2v) is 11.5. The fourth-order valence-corrected chi connectivity index (χ4v) is 5.53. The summed E-state index contributed by atoms with van der Waals surface area (Å²) in [5, 5.41) is 52.1. The summed E-state index contributed by atoms with van der Waals surface area (Å²) in [6, 6.07) is -3.05. The summed E-state index contributed by atoms with van der Waals surface area (Å²) in [5.41, 5.74) is 22.3. The summed E-state index contributed by atoms with van der Waals surface area (Å²) in [6.07, 6.45) is -5.34. The molecule has 2 aliphatic heterocycles. The second kappa shape index (κ2) is 16.0. The van der Waals surface area contributed by atoms with Crippen LogP contribution < -0.4 is 38.9 Å². The maximum atomic E-state index is 12.7. The normalized spacial score (nSPS) is 39.7. The molecule has 2 heterocycles. The number of aliphatic hydroxyl groups is 4. The molecule has 3 rings (SSSR count). The molecule has 0 aromatic rings. The number of hydrogen-bond donors (Lipinski definition) is 11. The molecule has 16 heteroatoms. The zero-order valence-electron chi connectivity index (χ0n) is 24.4. The monoisotopic (exact) mass is 605 g/mol. The molecule has 1 saturated heterocycles. The number of nitrogens with one attached hydrogen (secondary N) is 3. The lowest BCUT2D eigenvalue weighted by Gasteiger charge is -2.48. The molecule has 2 fully saturated rings. The fourth-order valence-electron chi connectivity index (χ4n) is 5.53. The molecule has 0 unspecified atom stereocenters. The van der Waals surface area contributed by atoms with Crippen molar-refractivity contribution >= 4 is 5.91 Å². The summed E-state index contributed by atoms with van der Waals surface area (Å²) in [7, 11) is 1.58. The molecular weight excluding hydrogens is 554 g/mol. The van der Waals surface area contributed by atoms with Gasteiger partial charge in [-0.05, 0) is 65.4 Å². The third-order valence-electron chi connectivity index (χ3n) is 7.90. The maximum Gasteiger partial charge on any atom is 0.249 e. The van der Waals surface area contributed by atoms with Crippen LogP contribution in [0.3, 0.4) is 0 Å². The largest absolute Gasteiger partial charge is 0.467 e. The van der Waals surface area contributed by atoms with E-state index in [1.165, 1.54) is 6.92 Å². The average Bonchev–Trinajstić information content (AvgIpc) is 2.93. The molecule has 12 atom stereocenters. The van der Waals surface area contributed by atoms with Crippen LogP contribution in [0.4, 0.5) is 0 Å². The highest BCUT2D eigenvalue weighted by atomic mass is 16.7. The highest BCUT2D eigenvalue weighted by molar-refractivity contribution is 5.80. The van der Waals surface area contributed by atoms with Crippen LogP contribution in [0.1, 0.15) is 32.6 Å². The van der Waals surface area contributed by atoms with Gasteiger partial charge in [0, 0.05) is 6.04 Å². The van der Waals surface area contributed by atoms with Crippen molar-refractivity contribution in [2.75, 3.05) is 39.8 Å². The SMILES string of the molecule is CN[C@@H]1[C@@H](O)[C@@H](O[C@@H]2[C@@H](O)[C@H](O[C@H]3OC(CNCCCN)=CC[C@H]3N)[C@@H](N)C[C@H]2NC(=O)[C@@H](O)CCN)OC[C@]1(C)O. The molecule has 0 aromatic carbocycles. The number of carbonyl (C=O) groups excluding carboxylic acids is 1. The first-order chi connectivity index (χ1) is 19.9. The van der Waals surface area contributed by atoms with Crippen LogP contribution in [0, 0.1) is 0 Å². The third-order valence-corrected chi connectivity index (χ3v) is 7.90. The second-order valence-electron chi connectivity index (χ2n) is 11.5. The van der Waals surface area contributed by atoms with Gasteiger partial charge in [0.15, 0.2) is 6.29 Å². The van der Waals surface area contributed by atoms with E-state index >= 15 is 0 Å². The molecule has 0 bridgehead atoms. The Labute approximate surface area is 246 Å². The smallest absolute Gasteiger partial charge is 0.249 e. The van der Waals surface area contributed by atoms with Crippen molar-refractivity contribution in [2.24, 2.45) is 22.9 Å². The van der Waals surface area contributed by atoms with E-state index in [1.54, 1.807) is 7.05 Å². The van der Waals surface area contributed by atoms with E-state index in [0.29, 0.717) is 31.8 Å². The van der Waals surface area contributed by atoms with Crippen LogP contribution in [0.5, 0.6) is 0 Å². The van der Waals surface area contributed by atoms with Gasteiger partial charge in [0.1, 0.15) is 41.9 Å². The van der Waals surface area contributed by atoms with Gasteiger partial charge >= 0.3 is 0 Å². The minimum Gasteiger partial charge on any atom is -0.467 e. The van der Waals surface area contributed by atoms with Crippen molar-refractivity contribution in [1.82, 2.24) is 16.0 Å². The maximum absolute atomic E-state index is 12.7. The highest BCUT2D eigenvalue weighted by Crippen LogP contribution is 2.32. The summed E-state index contributed by atoms with van der Waals surface area (Å²) < 4.78 is 23.9. The Morgan fingerprint density at radius 3 is 2.52 bits per heavy atom. The number of aliphatic hydroxyl groups excluding tert-OH is 3. The van der Waals surface area contributed by atoms with Gasteiger partial charge in [-0.3, -0.25) is 4.79 Å². The Hall–Kier alpha value is -1.51. The number of hydrogen-bond acceptors (Lipinski definition) is 15. The van der Waals surface area contributed by atoms with E-state index in [1.807, 2.05) is 6.08 Å².